The lowest BCUT2D eigenvalue weighted by Crippen LogP contribution is -2.42. The largest absolute Gasteiger partial charge is 0.331 e. The molecule has 5 nitrogen and oxygen atoms in total. The Morgan fingerprint density at radius 2 is 1.94 bits per heavy atom. The molecule has 7 heteroatoms. The van der Waals surface area contributed by atoms with Gasteiger partial charge in [-0.15, -0.1) is 0 Å². The maximum atomic E-state index is 11.7. The molecular formula is C25H28ClN3O2S. The molecular weight excluding hydrogens is 442 g/mol. The number of nitrogens with zero attached hydrogens (tertiary/aromatic N) is 3. The molecule has 0 radical (unpaired) electrons. The van der Waals surface area contributed by atoms with Crippen LogP contribution in [0, 0.1) is 0 Å². The Labute approximate surface area is 195 Å². The van der Waals surface area contributed by atoms with E-state index in [0.717, 1.165) is 66.4 Å². The molecule has 0 saturated carbocycles. The molecule has 0 spiro atoms. The van der Waals surface area contributed by atoms with Gasteiger partial charge in [0.1, 0.15) is 5.82 Å². The summed E-state index contributed by atoms with van der Waals surface area (Å²) in [5, 5.41) is 0.726. The third-order valence-corrected chi connectivity index (χ3v) is 8.01. The molecule has 2 heterocycles. The first-order valence-corrected chi connectivity index (χ1v) is 13.5. The summed E-state index contributed by atoms with van der Waals surface area (Å²) in [5.74, 6) is 1.04. The van der Waals surface area contributed by atoms with Gasteiger partial charge in [-0.2, -0.15) is 0 Å². The molecule has 2 aliphatic rings. The highest BCUT2D eigenvalue weighted by atomic mass is 35.5. The predicted octanol–water partition coefficient (Wildman–Crippen LogP) is 4.20. The van der Waals surface area contributed by atoms with Crippen LogP contribution in [0.4, 0.5) is 0 Å². The zero-order valence-electron chi connectivity index (χ0n) is 18.5. The van der Waals surface area contributed by atoms with Gasteiger partial charge in [-0.1, -0.05) is 41.9 Å². The molecule has 1 atom stereocenters. The van der Waals surface area contributed by atoms with Gasteiger partial charge in [0.2, 0.25) is 0 Å². The topological polar surface area (TPSA) is 55.2 Å². The summed E-state index contributed by atoms with van der Waals surface area (Å²) in [7, 11) is -0.946. The number of aromatic nitrogens is 2. The molecule has 0 amide bonds. The molecule has 1 unspecified atom stereocenters. The van der Waals surface area contributed by atoms with E-state index in [4.69, 9.17) is 16.6 Å². The fourth-order valence-electron chi connectivity index (χ4n) is 5.24. The van der Waals surface area contributed by atoms with Gasteiger partial charge in [-0.05, 0) is 48.1 Å². The number of fused-ring (bicyclic) bond motifs is 2. The standard InChI is InChI=1S/C25H28ClN3O2S/c1-28-24-11-12-29(15-23(24)27-25(28)21-5-3-4-6-22(21)26)20-10-9-18-8-7-17(13-19(18)14-20)16-32(2,30)31/h3-8,13,20H,9-12,14-16H2,1-2H3. The second-order valence-corrected chi connectivity index (χ2v) is 11.7. The van der Waals surface area contributed by atoms with Gasteiger partial charge in [-0.25, -0.2) is 13.4 Å². The number of imidazole rings is 1. The zero-order valence-corrected chi connectivity index (χ0v) is 20.1. The van der Waals surface area contributed by atoms with E-state index in [1.165, 1.54) is 23.1 Å². The third-order valence-electron chi connectivity index (χ3n) is 6.82. The van der Waals surface area contributed by atoms with Crippen LogP contribution in [-0.2, 0) is 48.4 Å². The quantitative estimate of drug-likeness (QED) is 0.574. The van der Waals surface area contributed by atoms with E-state index in [2.05, 4.69) is 28.6 Å². The molecule has 1 aromatic heterocycles. The van der Waals surface area contributed by atoms with Crippen molar-refractivity contribution in [3.8, 4) is 11.4 Å². The van der Waals surface area contributed by atoms with Crippen LogP contribution in [0.1, 0.15) is 34.5 Å². The Morgan fingerprint density at radius 3 is 2.72 bits per heavy atom. The summed E-state index contributed by atoms with van der Waals surface area (Å²) >= 11 is 6.44. The van der Waals surface area contributed by atoms with Crippen LogP contribution in [0.25, 0.3) is 11.4 Å². The van der Waals surface area contributed by atoms with E-state index in [0.29, 0.717) is 6.04 Å². The van der Waals surface area contributed by atoms with Gasteiger partial charge in [0.15, 0.2) is 9.84 Å². The number of sulfone groups is 1. The Kier molecular flexibility index (Phi) is 5.64. The highest BCUT2D eigenvalue weighted by Crippen LogP contribution is 2.33. The smallest absolute Gasteiger partial charge is 0.151 e. The van der Waals surface area contributed by atoms with Crippen molar-refractivity contribution in [2.45, 2.75) is 44.0 Å². The number of halogens is 1. The maximum absolute atomic E-state index is 11.7. The Balaban J connectivity index is 1.36. The molecule has 5 rings (SSSR count). The number of aryl methyl sites for hydroxylation is 1. The molecule has 0 bridgehead atoms. The van der Waals surface area contributed by atoms with E-state index < -0.39 is 9.84 Å². The van der Waals surface area contributed by atoms with Crippen LogP contribution in [0.3, 0.4) is 0 Å². The summed E-state index contributed by atoms with van der Waals surface area (Å²) in [6, 6.07) is 14.5. The third kappa shape index (κ3) is 4.24. The minimum atomic E-state index is -3.03. The molecule has 168 valence electrons. The average Bonchev–Trinajstić information content (AvgIpc) is 3.08. The van der Waals surface area contributed by atoms with Gasteiger partial charge in [0.25, 0.3) is 0 Å². The first-order valence-electron chi connectivity index (χ1n) is 11.1. The minimum absolute atomic E-state index is 0.108. The van der Waals surface area contributed by atoms with Crippen molar-refractivity contribution < 1.29 is 8.42 Å². The van der Waals surface area contributed by atoms with Crippen molar-refractivity contribution in [2.75, 3.05) is 12.8 Å². The highest BCUT2D eigenvalue weighted by molar-refractivity contribution is 7.89. The fourth-order valence-corrected chi connectivity index (χ4v) is 6.24. The molecule has 2 aromatic carbocycles. The number of benzene rings is 2. The summed E-state index contributed by atoms with van der Waals surface area (Å²) in [4.78, 5) is 7.55. The molecule has 3 aromatic rings. The summed E-state index contributed by atoms with van der Waals surface area (Å²) in [5.41, 5.74) is 6.96. The number of hydrogen-bond donors (Lipinski definition) is 0. The molecule has 1 aliphatic heterocycles. The Bertz CT molecular complexity index is 1280. The van der Waals surface area contributed by atoms with Crippen molar-refractivity contribution in [3.05, 3.63) is 75.6 Å². The molecule has 32 heavy (non-hydrogen) atoms. The SMILES string of the molecule is Cn1c(-c2ccccc2Cl)nc2c1CCN(C1CCc3ccc(CS(C)(=O)=O)cc3C1)C2. The van der Waals surface area contributed by atoms with Crippen molar-refractivity contribution in [1.29, 1.82) is 0 Å². The number of rotatable bonds is 4. The van der Waals surface area contributed by atoms with Crippen LogP contribution >= 0.6 is 11.6 Å². The van der Waals surface area contributed by atoms with Crippen molar-refractivity contribution in [3.63, 3.8) is 0 Å². The first kappa shape index (κ1) is 21.7. The van der Waals surface area contributed by atoms with Crippen LogP contribution in [-0.4, -0.2) is 41.7 Å². The van der Waals surface area contributed by atoms with Gasteiger partial charge in [0.05, 0.1) is 16.5 Å². The lowest BCUT2D eigenvalue weighted by atomic mass is 9.86. The zero-order chi connectivity index (χ0) is 22.5. The van der Waals surface area contributed by atoms with Crippen molar-refractivity contribution in [2.24, 2.45) is 7.05 Å². The average molecular weight is 470 g/mol. The van der Waals surface area contributed by atoms with Gasteiger partial charge < -0.3 is 4.57 Å². The monoisotopic (exact) mass is 469 g/mol. The Morgan fingerprint density at radius 1 is 1.12 bits per heavy atom. The first-order chi connectivity index (χ1) is 15.3. The van der Waals surface area contributed by atoms with Gasteiger partial charge in [-0.3, -0.25) is 4.90 Å². The fraction of sp³-hybridized carbons (Fsp3) is 0.400. The maximum Gasteiger partial charge on any atom is 0.151 e. The van der Waals surface area contributed by atoms with E-state index in [1.807, 2.05) is 30.3 Å². The normalized spacial score (nSPS) is 18.9. The van der Waals surface area contributed by atoms with Gasteiger partial charge in [0, 0.05) is 50.1 Å². The van der Waals surface area contributed by atoms with E-state index in [-0.39, 0.29) is 5.75 Å². The lowest BCUT2D eigenvalue weighted by Gasteiger charge is -2.37. The molecule has 0 N–H and O–H groups in total. The van der Waals surface area contributed by atoms with Crippen LogP contribution < -0.4 is 0 Å². The van der Waals surface area contributed by atoms with Crippen LogP contribution in [0.5, 0.6) is 0 Å². The summed E-state index contributed by atoms with van der Waals surface area (Å²) in [6.07, 6.45) is 5.39. The molecule has 0 fully saturated rings. The summed E-state index contributed by atoms with van der Waals surface area (Å²) < 4.78 is 25.6. The number of hydrogen-bond acceptors (Lipinski definition) is 4. The molecule has 1 aliphatic carbocycles. The molecule has 0 saturated heterocycles. The van der Waals surface area contributed by atoms with Crippen molar-refractivity contribution in [1.82, 2.24) is 14.5 Å². The predicted molar refractivity (Wildman–Crippen MR) is 129 cm³/mol. The highest BCUT2D eigenvalue weighted by Gasteiger charge is 2.30. The second-order valence-electron chi connectivity index (χ2n) is 9.16. The second kappa shape index (κ2) is 8.32. The van der Waals surface area contributed by atoms with Crippen molar-refractivity contribution >= 4 is 21.4 Å². The van der Waals surface area contributed by atoms with Gasteiger partial charge >= 0.3 is 0 Å². The van der Waals surface area contributed by atoms with E-state index in [9.17, 15) is 8.42 Å². The van der Waals surface area contributed by atoms with E-state index >= 15 is 0 Å². The van der Waals surface area contributed by atoms with Crippen LogP contribution in [0.2, 0.25) is 5.02 Å². The lowest BCUT2D eigenvalue weighted by molar-refractivity contribution is 0.160. The summed E-state index contributed by atoms with van der Waals surface area (Å²) in [6.45, 7) is 1.86. The van der Waals surface area contributed by atoms with E-state index in [1.54, 1.807) is 0 Å². The minimum Gasteiger partial charge on any atom is -0.331 e. The Hall–Kier alpha value is -2.15. The van der Waals surface area contributed by atoms with Crippen LogP contribution in [0.15, 0.2) is 42.5 Å².